The van der Waals surface area contributed by atoms with Crippen LogP contribution in [0.2, 0.25) is 0 Å². The molecule has 236 valence electrons. The first kappa shape index (κ1) is 35.4. The smallest absolute Gasteiger partial charge is 0.330 e. The van der Waals surface area contributed by atoms with Crippen molar-refractivity contribution in [2.24, 2.45) is 0 Å². The Balaban J connectivity index is 1.67. The average Bonchev–Trinajstić information content (AvgIpc) is 3.01. The highest BCUT2D eigenvalue weighted by Crippen LogP contribution is 2.32. The van der Waals surface area contributed by atoms with Crippen LogP contribution in [0, 0.1) is 17.5 Å². The topological polar surface area (TPSA) is 71.1 Å². The summed E-state index contributed by atoms with van der Waals surface area (Å²) < 4.78 is 65.0. The first-order chi connectivity index (χ1) is 20.9. The summed E-state index contributed by atoms with van der Waals surface area (Å²) in [5.74, 6) is -3.80. The van der Waals surface area contributed by atoms with E-state index >= 15 is 0 Å². The molecule has 0 atom stereocenters. The number of hydrogen-bond acceptors (Lipinski definition) is 6. The lowest BCUT2D eigenvalue weighted by Gasteiger charge is -2.12. The summed E-state index contributed by atoms with van der Waals surface area (Å²) in [4.78, 5) is 21.9. The molecular formula is C34H43F3O6. The standard InChI is InChI=1S/C34H43F3O6/c1-3-31(38)42-23-15-11-7-5-9-13-21-40-29-19-17-26(25-28(29)35)27-18-20-30(34(37)33(27)36)41-22-14-10-6-8-12-16-24-43-32(39)4-2/h3-4,17-20,25H,1-2,5-16,21-24H2. The zero-order chi connectivity index (χ0) is 31.3. The van der Waals surface area contributed by atoms with E-state index in [1.807, 2.05) is 0 Å². The summed E-state index contributed by atoms with van der Waals surface area (Å²) >= 11 is 0. The van der Waals surface area contributed by atoms with Crippen molar-refractivity contribution in [3.8, 4) is 22.6 Å². The number of ether oxygens (including phenoxy) is 4. The van der Waals surface area contributed by atoms with Gasteiger partial charge >= 0.3 is 11.9 Å². The van der Waals surface area contributed by atoms with E-state index in [9.17, 15) is 22.8 Å². The third-order valence-electron chi connectivity index (χ3n) is 6.70. The molecule has 0 amide bonds. The van der Waals surface area contributed by atoms with Crippen LogP contribution >= 0.6 is 0 Å². The molecule has 0 bridgehead atoms. The molecular weight excluding hydrogens is 561 g/mol. The minimum atomic E-state index is -1.11. The van der Waals surface area contributed by atoms with Crippen LogP contribution in [-0.2, 0) is 19.1 Å². The van der Waals surface area contributed by atoms with Gasteiger partial charge in [0.1, 0.15) is 0 Å². The lowest BCUT2D eigenvalue weighted by atomic mass is 10.0. The second-order valence-corrected chi connectivity index (χ2v) is 10.1. The maximum atomic E-state index is 14.8. The van der Waals surface area contributed by atoms with Gasteiger partial charge in [0.25, 0.3) is 0 Å². The van der Waals surface area contributed by atoms with Gasteiger partial charge in [-0.05, 0) is 55.5 Å². The van der Waals surface area contributed by atoms with E-state index in [1.54, 1.807) is 0 Å². The molecule has 0 unspecified atom stereocenters. The Bertz CT molecular complexity index is 1170. The zero-order valence-electron chi connectivity index (χ0n) is 24.9. The van der Waals surface area contributed by atoms with Crippen molar-refractivity contribution in [3.63, 3.8) is 0 Å². The Morgan fingerprint density at radius 1 is 0.581 bits per heavy atom. The van der Waals surface area contributed by atoms with Gasteiger partial charge in [0.15, 0.2) is 23.1 Å². The molecule has 2 aromatic carbocycles. The minimum absolute atomic E-state index is 0.0600. The Labute approximate surface area is 252 Å². The number of rotatable bonds is 23. The number of carbonyl (C=O) groups excluding carboxylic acids is 2. The van der Waals surface area contributed by atoms with E-state index in [0.717, 1.165) is 88.8 Å². The molecule has 0 aliphatic rings. The number of hydrogen-bond donors (Lipinski definition) is 0. The fourth-order valence-corrected chi connectivity index (χ4v) is 4.30. The molecule has 0 saturated carbocycles. The normalized spacial score (nSPS) is 10.7. The summed E-state index contributed by atoms with van der Waals surface area (Å²) in [5, 5.41) is 0. The molecule has 0 N–H and O–H groups in total. The highest BCUT2D eigenvalue weighted by Gasteiger charge is 2.17. The Morgan fingerprint density at radius 2 is 1.02 bits per heavy atom. The minimum Gasteiger partial charge on any atom is -0.491 e. The molecule has 6 nitrogen and oxygen atoms in total. The van der Waals surface area contributed by atoms with E-state index in [1.165, 1.54) is 24.3 Å². The molecule has 0 heterocycles. The van der Waals surface area contributed by atoms with Crippen LogP contribution in [0.5, 0.6) is 11.5 Å². The van der Waals surface area contributed by atoms with Gasteiger partial charge < -0.3 is 18.9 Å². The van der Waals surface area contributed by atoms with Gasteiger partial charge in [-0.15, -0.1) is 0 Å². The van der Waals surface area contributed by atoms with Crippen molar-refractivity contribution in [3.05, 3.63) is 73.1 Å². The van der Waals surface area contributed by atoms with Crippen LogP contribution in [0.4, 0.5) is 13.2 Å². The number of esters is 2. The number of carbonyl (C=O) groups is 2. The largest absolute Gasteiger partial charge is 0.491 e. The fourth-order valence-electron chi connectivity index (χ4n) is 4.30. The predicted molar refractivity (Wildman–Crippen MR) is 160 cm³/mol. The van der Waals surface area contributed by atoms with Crippen LogP contribution < -0.4 is 9.47 Å². The number of halogens is 3. The third-order valence-corrected chi connectivity index (χ3v) is 6.70. The summed E-state index contributed by atoms with van der Waals surface area (Å²) in [7, 11) is 0. The second-order valence-electron chi connectivity index (χ2n) is 10.1. The van der Waals surface area contributed by atoms with Gasteiger partial charge in [0.2, 0.25) is 5.82 Å². The van der Waals surface area contributed by atoms with Crippen molar-refractivity contribution in [1.29, 1.82) is 0 Å². The first-order valence-corrected chi connectivity index (χ1v) is 15.0. The molecule has 0 saturated heterocycles. The van der Waals surface area contributed by atoms with E-state index in [4.69, 9.17) is 18.9 Å². The lowest BCUT2D eigenvalue weighted by Crippen LogP contribution is -2.03. The lowest BCUT2D eigenvalue weighted by molar-refractivity contribution is -0.138. The van der Waals surface area contributed by atoms with Crippen LogP contribution in [0.1, 0.15) is 77.0 Å². The Hall–Kier alpha value is -3.75. The third kappa shape index (κ3) is 13.8. The molecule has 0 radical (unpaired) electrons. The number of benzene rings is 2. The van der Waals surface area contributed by atoms with Gasteiger partial charge in [-0.1, -0.05) is 70.6 Å². The molecule has 0 aromatic heterocycles. The zero-order valence-corrected chi connectivity index (χ0v) is 24.9. The molecule has 0 spiro atoms. The highest BCUT2D eigenvalue weighted by molar-refractivity contribution is 5.81. The number of unbranched alkanes of at least 4 members (excludes halogenated alkanes) is 10. The molecule has 2 aromatic rings. The van der Waals surface area contributed by atoms with Crippen molar-refractivity contribution >= 4 is 11.9 Å². The van der Waals surface area contributed by atoms with Gasteiger partial charge in [-0.25, -0.2) is 18.4 Å². The van der Waals surface area contributed by atoms with E-state index in [2.05, 4.69) is 13.2 Å². The van der Waals surface area contributed by atoms with Gasteiger partial charge in [0.05, 0.1) is 26.4 Å². The SMILES string of the molecule is C=CC(=O)OCCCCCCCCOc1ccc(-c2ccc(OCCCCCCCCOC(=O)C=C)c(F)c2F)cc1F. The Kier molecular flexibility index (Phi) is 17.3. The van der Waals surface area contributed by atoms with E-state index in [0.29, 0.717) is 26.2 Å². The molecule has 43 heavy (non-hydrogen) atoms. The first-order valence-electron chi connectivity index (χ1n) is 15.0. The molecule has 0 aliphatic heterocycles. The average molecular weight is 605 g/mol. The van der Waals surface area contributed by atoms with E-state index in [-0.39, 0.29) is 29.2 Å². The molecule has 0 aliphatic carbocycles. The van der Waals surface area contributed by atoms with Crippen LogP contribution in [0.25, 0.3) is 11.1 Å². The van der Waals surface area contributed by atoms with Gasteiger partial charge in [0, 0.05) is 17.7 Å². The molecule has 2 rings (SSSR count). The summed E-state index contributed by atoms with van der Waals surface area (Å²) in [6.45, 7) is 8.05. The maximum Gasteiger partial charge on any atom is 0.330 e. The van der Waals surface area contributed by atoms with Crippen molar-refractivity contribution in [2.75, 3.05) is 26.4 Å². The highest BCUT2D eigenvalue weighted by atomic mass is 19.2. The van der Waals surface area contributed by atoms with Gasteiger partial charge in [-0.3, -0.25) is 0 Å². The summed E-state index contributed by atoms with van der Waals surface area (Å²) in [5.41, 5.74) is 0.138. The summed E-state index contributed by atoms with van der Waals surface area (Å²) in [6.07, 6.45) is 12.9. The van der Waals surface area contributed by atoms with Crippen molar-refractivity contribution in [2.45, 2.75) is 77.0 Å². The monoisotopic (exact) mass is 604 g/mol. The quantitative estimate of drug-likeness (QED) is 0.0718. The van der Waals surface area contributed by atoms with Gasteiger partial charge in [-0.2, -0.15) is 4.39 Å². The van der Waals surface area contributed by atoms with Crippen LogP contribution in [0.3, 0.4) is 0 Å². The van der Waals surface area contributed by atoms with Crippen molar-refractivity contribution < 1.29 is 41.7 Å². The van der Waals surface area contributed by atoms with Crippen LogP contribution in [0.15, 0.2) is 55.6 Å². The van der Waals surface area contributed by atoms with Crippen LogP contribution in [-0.4, -0.2) is 38.4 Å². The summed E-state index contributed by atoms with van der Waals surface area (Å²) in [6, 6.07) is 6.79. The van der Waals surface area contributed by atoms with Crippen molar-refractivity contribution in [1.82, 2.24) is 0 Å². The second kappa shape index (κ2) is 21.0. The predicted octanol–water partition coefficient (Wildman–Crippen LogP) is 8.67. The molecule has 9 heteroatoms. The molecule has 0 fully saturated rings. The Morgan fingerprint density at radius 3 is 1.51 bits per heavy atom. The fraction of sp³-hybridized carbons (Fsp3) is 0.471. The maximum absolute atomic E-state index is 14.8. The van der Waals surface area contributed by atoms with E-state index < -0.39 is 29.4 Å².